The molecule has 0 saturated heterocycles. The Balaban J connectivity index is 2.85. The zero-order valence-electron chi connectivity index (χ0n) is 10.1. The Kier molecular flexibility index (Phi) is 5.28. The van der Waals surface area contributed by atoms with E-state index in [2.05, 4.69) is 5.32 Å². The first-order chi connectivity index (χ1) is 8.38. The lowest BCUT2D eigenvalue weighted by Gasteiger charge is -2.19. The molecule has 0 aliphatic carbocycles. The molecule has 18 heavy (non-hydrogen) atoms. The highest BCUT2D eigenvalue weighted by Gasteiger charge is 2.30. The van der Waals surface area contributed by atoms with Gasteiger partial charge in [-0.15, -0.1) is 0 Å². The van der Waals surface area contributed by atoms with E-state index >= 15 is 0 Å². The van der Waals surface area contributed by atoms with Gasteiger partial charge in [0.2, 0.25) is 0 Å². The Labute approximate surface area is 109 Å². The molecule has 0 aliphatic rings. The highest BCUT2D eigenvalue weighted by Crippen LogP contribution is 2.33. The first-order valence-corrected chi connectivity index (χ1v) is 5.88. The van der Waals surface area contributed by atoms with Gasteiger partial charge < -0.3 is 10.1 Å². The van der Waals surface area contributed by atoms with Gasteiger partial charge in [-0.25, -0.2) is 0 Å². The molecule has 1 N–H and O–H groups in total. The Morgan fingerprint density at radius 1 is 1.39 bits per heavy atom. The molecule has 0 fully saturated rings. The highest BCUT2D eigenvalue weighted by atomic mass is 35.5. The monoisotopic (exact) mass is 281 g/mol. The Morgan fingerprint density at radius 2 is 2.06 bits per heavy atom. The van der Waals surface area contributed by atoms with E-state index in [4.69, 9.17) is 16.3 Å². The molecule has 0 aromatic heterocycles. The summed E-state index contributed by atoms with van der Waals surface area (Å²) in [6.07, 6.45) is -3.59. The third kappa shape index (κ3) is 4.07. The summed E-state index contributed by atoms with van der Waals surface area (Å²) in [5.74, 6) is 0. The molecule has 0 aliphatic heterocycles. The maximum Gasteiger partial charge on any atom is 0.416 e. The number of rotatable bonds is 5. The van der Waals surface area contributed by atoms with Crippen LogP contribution in [0.3, 0.4) is 0 Å². The maximum absolute atomic E-state index is 12.4. The maximum atomic E-state index is 12.4. The average Bonchev–Trinajstić information content (AvgIpc) is 2.29. The first kappa shape index (κ1) is 15.1. The molecule has 0 heterocycles. The molecule has 0 spiro atoms. The summed E-state index contributed by atoms with van der Waals surface area (Å²) in [5, 5.41) is 3.11. The predicted molar refractivity (Wildman–Crippen MR) is 66.0 cm³/mol. The van der Waals surface area contributed by atoms with Crippen molar-refractivity contribution in [1.82, 2.24) is 0 Å². The molecule has 1 aromatic rings. The number of ether oxygens (including phenoxy) is 1. The standard InChI is InChI=1S/C12H15ClF3NO/c1-3-9(7-18-2)17-11-5-4-8(6-10(11)13)12(14,15)16/h4-6,9,17H,3,7H2,1-2H3. The minimum absolute atomic E-state index is 0.0178. The molecular weight excluding hydrogens is 267 g/mol. The van der Waals surface area contributed by atoms with Gasteiger partial charge in [0.15, 0.2) is 0 Å². The smallest absolute Gasteiger partial charge is 0.383 e. The SMILES string of the molecule is CCC(COC)Nc1ccc(C(F)(F)F)cc1Cl. The lowest BCUT2D eigenvalue weighted by atomic mass is 10.1. The summed E-state index contributed by atoms with van der Waals surface area (Å²) in [5.41, 5.74) is -0.272. The summed E-state index contributed by atoms with van der Waals surface area (Å²) < 4.78 is 42.3. The average molecular weight is 282 g/mol. The van der Waals surface area contributed by atoms with Crippen LogP contribution in [-0.2, 0) is 10.9 Å². The molecule has 102 valence electrons. The van der Waals surface area contributed by atoms with Gasteiger partial charge in [0, 0.05) is 13.2 Å². The van der Waals surface area contributed by atoms with Crippen LogP contribution < -0.4 is 5.32 Å². The van der Waals surface area contributed by atoms with E-state index in [0.29, 0.717) is 12.3 Å². The molecule has 0 amide bonds. The van der Waals surface area contributed by atoms with Crippen molar-refractivity contribution in [3.05, 3.63) is 28.8 Å². The first-order valence-electron chi connectivity index (χ1n) is 5.50. The van der Waals surface area contributed by atoms with Crippen molar-refractivity contribution in [3.63, 3.8) is 0 Å². The summed E-state index contributed by atoms with van der Waals surface area (Å²) in [6.45, 7) is 2.42. The Hall–Kier alpha value is -0.940. The largest absolute Gasteiger partial charge is 0.416 e. The number of anilines is 1. The summed E-state index contributed by atoms with van der Waals surface area (Å²) in [7, 11) is 1.57. The zero-order valence-corrected chi connectivity index (χ0v) is 10.9. The normalized spacial score (nSPS) is 13.4. The molecule has 0 saturated carbocycles. The molecule has 0 bridgehead atoms. The van der Waals surface area contributed by atoms with Gasteiger partial charge in [-0.3, -0.25) is 0 Å². The number of halogens is 4. The second-order valence-electron chi connectivity index (χ2n) is 3.90. The number of methoxy groups -OCH3 is 1. The zero-order chi connectivity index (χ0) is 13.8. The topological polar surface area (TPSA) is 21.3 Å². The van der Waals surface area contributed by atoms with Crippen LogP contribution >= 0.6 is 11.6 Å². The van der Waals surface area contributed by atoms with E-state index < -0.39 is 11.7 Å². The van der Waals surface area contributed by atoms with Crippen molar-refractivity contribution in [3.8, 4) is 0 Å². The van der Waals surface area contributed by atoms with Crippen molar-refractivity contribution in [1.29, 1.82) is 0 Å². The number of hydrogen-bond acceptors (Lipinski definition) is 2. The minimum Gasteiger partial charge on any atom is -0.383 e. The van der Waals surface area contributed by atoms with Gasteiger partial charge in [-0.2, -0.15) is 13.2 Å². The van der Waals surface area contributed by atoms with Crippen LogP contribution in [0.4, 0.5) is 18.9 Å². The highest BCUT2D eigenvalue weighted by molar-refractivity contribution is 6.33. The molecular formula is C12H15ClF3NO. The van der Waals surface area contributed by atoms with Crippen LogP contribution in [0.2, 0.25) is 5.02 Å². The summed E-state index contributed by atoms with van der Waals surface area (Å²) >= 11 is 5.83. The molecule has 0 radical (unpaired) electrons. The van der Waals surface area contributed by atoms with Crippen molar-refractivity contribution >= 4 is 17.3 Å². The lowest BCUT2D eigenvalue weighted by Crippen LogP contribution is -2.24. The summed E-state index contributed by atoms with van der Waals surface area (Å²) in [6, 6.07) is 3.28. The minimum atomic E-state index is -4.38. The van der Waals surface area contributed by atoms with Gasteiger partial charge in [0.1, 0.15) is 0 Å². The van der Waals surface area contributed by atoms with Crippen molar-refractivity contribution in [2.45, 2.75) is 25.6 Å². The van der Waals surface area contributed by atoms with Gasteiger partial charge >= 0.3 is 6.18 Å². The lowest BCUT2D eigenvalue weighted by molar-refractivity contribution is -0.137. The Bertz CT molecular complexity index is 395. The van der Waals surface area contributed by atoms with Gasteiger partial charge in [0.25, 0.3) is 0 Å². The van der Waals surface area contributed by atoms with Crippen molar-refractivity contribution < 1.29 is 17.9 Å². The van der Waals surface area contributed by atoms with Crippen LogP contribution in [0.15, 0.2) is 18.2 Å². The van der Waals surface area contributed by atoms with E-state index in [1.807, 2.05) is 6.92 Å². The van der Waals surface area contributed by atoms with E-state index in [0.717, 1.165) is 18.6 Å². The van der Waals surface area contributed by atoms with E-state index in [9.17, 15) is 13.2 Å². The predicted octanol–water partition coefficient (Wildman–Crippen LogP) is 4.20. The third-order valence-electron chi connectivity index (χ3n) is 2.52. The van der Waals surface area contributed by atoms with E-state index in [-0.39, 0.29) is 11.1 Å². The number of nitrogens with one attached hydrogen (secondary N) is 1. The van der Waals surface area contributed by atoms with Gasteiger partial charge in [0.05, 0.1) is 22.9 Å². The second-order valence-corrected chi connectivity index (χ2v) is 4.30. The quantitative estimate of drug-likeness (QED) is 0.873. The molecule has 1 rings (SSSR count). The number of hydrogen-bond donors (Lipinski definition) is 1. The van der Waals surface area contributed by atoms with Gasteiger partial charge in [-0.1, -0.05) is 18.5 Å². The van der Waals surface area contributed by atoms with Crippen LogP contribution in [-0.4, -0.2) is 19.8 Å². The van der Waals surface area contributed by atoms with Crippen LogP contribution in [0.5, 0.6) is 0 Å². The van der Waals surface area contributed by atoms with E-state index in [1.54, 1.807) is 7.11 Å². The number of alkyl halides is 3. The fourth-order valence-electron chi connectivity index (χ4n) is 1.49. The van der Waals surface area contributed by atoms with Crippen molar-refractivity contribution in [2.75, 3.05) is 19.0 Å². The van der Waals surface area contributed by atoms with Crippen LogP contribution in [0.25, 0.3) is 0 Å². The molecule has 1 atom stereocenters. The summed E-state index contributed by atoms with van der Waals surface area (Å²) in [4.78, 5) is 0. The third-order valence-corrected chi connectivity index (χ3v) is 2.83. The van der Waals surface area contributed by atoms with Crippen molar-refractivity contribution in [2.24, 2.45) is 0 Å². The van der Waals surface area contributed by atoms with Crippen LogP contribution in [0, 0.1) is 0 Å². The Morgan fingerprint density at radius 3 is 2.50 bits per heavy atom. The molecule has 1 aromatic carbocycles. The molecule has 1 unspecified atom stereocenters. The molecule has 6 heteroatoms. The van der Waals surface area contributed by atoms with Crippen LogP contribution in [0.1, 0.15) is 18.9 Å². The number of benzene rings is 1. The van der Waals surface area contributed by atoms with Gasteiger partial charge in [-0.05, 0) is 24.6 Å². The van der Waals surface area contributed by atoms with E-state index in [1.165, 1.54) is 6.07 Å². The fourth-order valence-corrected chi connectivity index (χ4v) is 1.73. The fraction of sp³-hybridized carbons (Fsp3) is 0.500. The molecule has 2 nitrogen and oxygen atoms in total. The second kappa shape index (κ2) is 6.29.